The first kappa shape index (κ1) is 17.9. The van der Waals surface area contributed by atoms with Crippen LogP contribution in [0.1, 0.15) is 22.0 Å². The molecule has 1 aliphatic heterocycles. The minimum Gasteiger partial charge on any atom is -0.379 e. The van der Waals surface area contributed by atoms with Gasteiger partial charge in [-0.1, -0.05) is 12.1 Å². The number of anilines is 1. The normalized spacial score (nSPS) is 17.4. The summed E-state index contributed by atoms with van der Waals surface area (Å²) in [4.78, 5) is 8.38. The molecule has 25 heavy (non-hydrogen) atoms. The van der Waals surface area contributed by atoms with E-state index < -0.39 is 0 Å². The van der Waals surface area contributed by atoms with Crippen LogP contribution in [0.5, 0.6) is 0 Å². The number of aryl methyl sites for hydroxylation is 2. The third kappa shape index (κ3) is 5.04. The Kier molecular flexibility index (Phi) is 6.07. The summed E-state index contributed by atoms with van der Waals surface area (Å²) in [6.45, 7) is 8.23. The van der Waals surface area contributed by atoms with Crippen LogP contribution in [0.25, 0.3) is 0 Å². The van der Waals surface area contributed by atoms with Crippen molar-refractivity contribution >= 4 is 23.0 Å². The summed E-state index contributed by atoms with van der Waals surface area (Å²) in [5, 5.41) is 5.33. The lowest BCUT2D eigenvalue weighted by molar-refractivity contribution is 0.0187. The molecule has 2 aromatic rings. The Balaban J connectivity index is 1.69. The van der Waals surface area contributed by atoms with E-state index in [1.54, 1.807) is 11.3 Å². The maximum Gasteiger partial charge on any atom is 0.193 e. The van der Waals surface area contributed by atoms with Crippen molar-refractivity contribution in [3.05, 3.63) is 51.7 Å². The average molecular weight is 359 g/mol. The SMILES string of the molecule is Cc1cc(C)cc(NC(N)=NCC(c2cccs2)N2CCOCC2)c1. The predicted molar refractivity (Wildman–Crippen MR) is 105 cm³/mol. The fourth-order valence-corrected chi connectivity index (χ4v) is 4.03. The highest BCUT2D eigenvalue weighted by atomic mass is 32.1. The molecule has 0 aliphatic carbocycles. The molecule has 6 heteroatoms. The Hall–Kier alpha value is -1.89. The van der Waals surface area contributed by atoms with E-state index in [2.05, 4.69) is 64.8 Å². The summed E-state index contributed by atoms with van der Waals surface area (Å²) in [5.41, 5.74) is 9.54. The molecule has 1 aromatic carbocycles. The van der Waals surface area contributed by atoms with Gasteiger partial charge in [0, 0.05) is 23.7 Å². The summed E-state index contributed by atoms with van der Waals surface area (Å²) >= 11 is 1.77. The second-order valence-electron chi connectivity index (χ2n) is 6.41. The number of hydrogen-bond donors (Lipinski definition) is 2. The second kappa shape index (κ2) is 8.47. The van der Waals surface area contributed by atoms with E-state index in [-0.39, 0.29) is 6.04 Å². The zero-order valence-electron chi connectivity index (χ0n) is 14.9. The molecule has 134 valence electrons. The van der Waals surface area contributed by atoms with Crippen LogP contribution >= 0.6 is 11.3 Å². The average Bonchev–Trinajstić information content (AvgIpc) is 3.09. The minimum atomic E-state index is 0.253. The summed E-state index contributed by atoms with van der Waals surface area (Å²) in [5.74, 6) is 0.458. The third-order valence-corrected chi connectivity index (χ3v) is 5.26. The van der Waals surface area contributed by atoms with Gasteiger partial charge in [-0.3, -0.25) is 9.89 Å². The molecule has 1 aromatic heterocycles. The van der Waals surface area contributed by atoms with Crippen LogP contribution < -0.4 is 11.1 Å². The first-order valence-corrected chi connectivity index (χ1v) is 9.50. The maximum atomic E-state index is 6.14. The van der Waals surface area contributed by atoms with Crippen molar-refractivity contribution in [2.75, 3.05) is 38.2 Å². The molecule has 0 amide bonds. The fourth-order valence-electron chi connectivity index (χ4n) is 3.17. The molecule has 0 spiro atoms. The van der Waals surface area contributed by atoms with Crippen molar-refractivity contribution in [1.29, 1.82) is 0 Å². The van der Waals surface area contributed by atoms with Crippen molar-refractivity contribution in [1.82, 2.24) is 4.90 Å². The molecule has 0 saturated carbocycles. The van der Waals surface area contributed by atoms with E-state index in [1.165, 1.54) is 16.0 Å². The van der Waals surface area contributed by atoms with Gasteiger partial charge in [0.15, 0.2) is 5.96 Å². The van der Waals surface area contributed by atoms with Gasteiger partial charge in [-0.2, -0.15) is 0 Å². The Labute approximate surface area is 153 Å². The fraction of sp³-hybridized carbons (Fsp3) is 0.421. The van der Waals surface area contributed by atoms with E-state index in [0.29, 0.717) is 12.5 Å². The second-order valence-corrected chi connectivity index (χ2v) is 7.39. The van der Waals surface area contributed by atoms with Crippen molar-refractivity contribution < 1.29 is 4.74 Å². The van der Waals surface area contributed by atoms with Crippen LogP contribution in [0.15, 0.2) is 40.7 Å². The number of nitrogens with one attached hydrogen (secondary N) is 1. The number of guanidine groups is 1. The summed E-state index contributed by atoms with van der Waals surface area (Å²) in [6, 6.07) is 10.8. The molecule has 3 rings (SSSR count). The van der Waals surface area contributed by atoms with Gasteiger partial charge in [0.05, 0.1) is 25.8 Å². The number of benzene rings is 1. The van der Waals surface area contributed by atoms with Crippen molar-refractivity contribution in [3.63, 3.8) is 0 Å². The number of thiophene rings is 1. The van der Waals surface area contributed by atoms with Crippen molar-refractivity contribution in [2.45, 2.75) is 19.9 Å². The zero-order valence-corrected chi connectivity index (χ0v) is 15.7. The Morgan fingerprint density at radius 1 is 1.28 bits per heavy atom. The van der Waals surface area contributed by atoms with Gasteiger partial charge in [0.25, 0.3) is 0 Å². The smallest absolute Gasteiger partial charge is 0.193 e. The Morgan fingerprint density at radius 3 is 2.64 bits per heavy atom. The van der Waals surface area contributed by atoms with E-state index in [0.717, 1.165) is 32.0 Å². The van der Waals surface area contributed by atoms with Gasteiger partial charge in [0.2, 0.25) is 0 Å². The van der Waals surface area contributed by atoms with Crippen LogP contribution in [-0.2, 0) is 4.74 Å². The first-order chi connectivity index (χ1) is 12.1. The molecule has 1 saturated heterocycles. The van der Waals surface area contributed by atoms with Gasteiger partial charge in [0.1, 0.15) is 0 Å². The Morgan fingerprint density at radius 2 is 2.00 bits per heavy atom. The monoisotopic (exact) mass is 358 g/mol. The standard InChI is InChI=1S/C19H26N4OS/c1-14-10-15(2)12-16(11-14)22-19(20)21-13-17(18-4-3-9-25-18)23-5-7-24-8-6-23/h3-4,9-12,17H,5-8,13H2,1-2H3,(H3,20,21,22). The van der Waals surface area contributed by atoms with Crippen LogP contribution in [-0.4, -0.2) is 43.7 Å². The molecule has 1 aliphatic rings. The van der Waals surface area contributed by atoms with Gasteiger partial charge < -0.3 is 15.8 Å². The lowest BCUT2D eigenvalue weighted by Gasteiger charge is -2.33. The number of nitrogens with two attached hydrogens (primary N) is 1. The van der Waals surface area contributed by atoms with Crippen molar-refractivity contribution in [3.8, 4) is 0 Å². The van der Waals surface area contributed by atoms with Crippen molar-refractivity contribution in [2.24, 2.45) is 10.7 Å². The van der Waals surface area contributed by atoms with Gasteiger partial charge in [-0.25, -0.2) is 0 Å². The quantitative estimate of drug-likeness (QED) is 0.637. The minimum absolute atomic E-state index is 0.253. The molecule has 5 nitrogen and oxygen atoms in total. The molecule has 0 radical (unpaired) electrons. The van der Waals surface area contributed by atoms with E-state index in [1.807, 2.05) is 0 Å². The van der Waals surface area contributed by atoms with Gasteiger partial charge in [-0.15, -0.1) is 11.3 Å². The summed E-state index contributed by atoms with van der Waals surface area (Å²) < 4.78 is 5.48. The molecule has 1 unspecified atom stereocenters. The van der Waals surface area contributed by atoms with Crippen LogP contribution in [0, 0.1) is 13.8 Å². The highest BCUT2D eigenvalue weighted by molar-refractivity contribution is 7.10. The molecular formula is C19H26N4OS. The third-order valence-electron chi connectivity index (χ3n) is 4.29. The van der Waals surface area contributed by atoms with Gasteiger partial charge >= 0.3 is 0 Å². The summed E-state index contributed by atoms with van der Waals surface area (Å²) in [7, 11) is 0. The highest BCUT2D eigenvalue weighted by Gasteiger charge is 2.23. The van der Waals surface area contributed by atoms with Crippen LogP contribution in [0.4, 0.5) is 5.69 Å². The van der Waals surface area contributed by atoms with Crippen LogP contribution in [0.2, 0.25) is 0 Å². The number of nitrogens with zero attached hydrogens (tertiary/aromatic N) is 2. The zero-order chi connectivity index (χ0) is 17.6. The molecule has 0 bridgehead atoms. The topological polar surface area (TPSA) is 62.9 Å². The lowest BCUT2D eigenvalue weighted by atomic mass is 10.1. The molecule has 1 fully saturated rings. The summed E-state index contributed by atoms with van der Waals surface area (Å²) in [6.07, 6.45) is 0. The first-order valence-electron chi connectivity index (χ1n) is 8.62. The highest BCUT2D eigenvalue weighted by Crippen LogP contribution is 2.26. The number of morpholine rings is 1. The van der Waals surface area contributed by atoms with Crippen LogP contribution in [0.3, 0.4) is 0 Å². The largest absolute Gasteiger partial charge is 0.379 e. The molecule has 1 atom stereocenters. The van der Waals surface area contributed by atoms with Gasteiger partial charge in [-0.05, 0) is 48.6 Å². The predicted octanol–water partition coefficient (Wildman–Crippen LogP) is 3.17. The molecule has 3 N–H and O–H groups in total. The molecular weight excluding hydrogens is 332 g/mol. The maximum absolute atomic E-state index is 6.14. The number of rotatable bonds is 5. The Bertz CT molecular complexity index is 688. The van der Waals surface area contributed by atoms with E-state index >= 15 is 0 Å². The number of hydrogen-bond acceptors (Lipinski definition) is 4. The molecule has 2 heterocycles. The van der Waals surface area contributed by atoms with E-state index in [9.17, 15) is 0 Å². The van der Waals surface area contributed by atoms with E-state index in [4.69, 9.17) is 10.5 Å². The lowest BCUT2D eigenvalue weighted by Crippen LogP contribution is -2.40. The number of aliphatic imine (C=N–C) groups is 1. The number of ether oxygens (including phenoxy) is 1.